The summed E-state index contributed by atoms with van der Waals surface area (Å²) >= 11 is 3.10. The topological polar surface area (TPSA) is 68.0 Å². The van der Waals surface area contributed by atoms with Crippen LogP contribution in [0.4, 0.5) is 0 Å². The van der Waals surface area contributed by atoms with Crippen molar-refractivity contribution in [3.63, 3.8) is 0 Å². The largest absolute Gasteiger partial charge is 0.395 e. The Labute approximate surface area is 82.9 Å². The lowest BCUT2D eigenvalue weighted by Gasteiger charge is -2.07. The fourth-order valence-corrected chi connectivity index (χ4v) is 1.44. The van der Waals surface area contributed by atoms with Crippen molar-refractivity contribution in [2.75, 3.05) is 6.61 Å². The Hall–Kier alpha value is -0.750. The molecule has 1 aromatic heterocycles. The molecule has 1 aromatic rings. The number of aromatic nitrogens is 3. The first-order valence-electron chi connectivity index (χ1n) is 3.91. The fourth-order valence-electron chi connectivity index (χ4n) is 1.18. The van der Waals surface area contributed by atoms with E-state index in [9.17, 15) is 4.79 Å². The highest BCUT2D eigenvalue weighted by Crippen LogP contribution is 2.46. The van der Waals surface area contributed by atoms with Crippen LogP contribution in [0.15, 0.2) is 10.8 Å². The highest BCUT2D eigenvalue weighted by molar-refractivity contribution is 9.10. The molecular weight excluding hydrogens is 238 g/mol. The molecule has 5 nitrogen and oxygen atoms in total. The average molecular weight is 246 g/mol. The zero-order valence-electron chi connectivity index (χ0n) is 6.77. The molecule has 0 amide bonds. The first kappa shape index (κ1) is 8.83. The van der Waals surface area contributed by atoms with Crippen LogP contribution in [0.1, 0.15) is 17.6 Å². The van der Waals surface area contributed by atoms with Gasteiger partial charge < -0.3 is 5.11 Å². The Balaban J connectivity index is 2.23. The highest BCUT2D eigenvalue weighted by Gasteiger charge is 2.50. The van der Waals surface area contributed by atoms with Crippen LogP contribution in [0.5, 0.6) is 0 Å². The molecule has 70 valence electrons. The third-order valence-corrected chi connectivity index (χ3v) is 2.65. The molecule has 13 heavy (non-hydrogen) atoms. The SMILES string of the molecule is O=C(n1cc(Br)nn1)C1(CO)CC1. The summed E-state index contributed by atoms with van der Waals surface area (Å²) in [6, 6.07) is 0. The third-order valence-electron chi connectivity index (χ3n) is 2.28. The molecule has 0 spiro atoms. The molecule has 0 atom stereocenters. The molecule has 0 radical (unpaired) electrons. The zero-order valence-corrected chi connectivity index (χ0v) is 8.36. The van der Waals surface area contributed by atoms with E-state index in [1.807, 2.05) is 0 Å². The van der Waals surface area contributed by atoms with Gasteiger partial charge >= 0.3 is 0 Å². The van der Waals surface area contributed by atoms with Crippen LogP contribution in [0, 0.1) is 5.41 Å². The van der Waals surface area contributed by atoms with Crippen LogP contribution in [0.25, 0.3) is 0 Å². The minimum atomic E-state index is -0.576. The molecule has 6 heteroatoms. The zero-order chi connectivity index (χ0) is 9.47. The normalized spacial score (nSPS) is 18.6. The van der Waals surface area contributed by atoms with Crippen molar-refractivity contribution in [1.82, 2.24) is 15.0 Å². The maximum Gasteiger partial charge on any atom is 0.256 e. The van der Waals surface area contributed by atoms with Crippen molar-refractivity contribution in [3.8, 4) is 0 Å². The number of carbonyl (C=O) groups is 1. The van der Waals surface area contributed by atoms with Gasteiger partial charge in [0.2, 0.25) is 0 Å². The number of hydrogen-bond donors (Lipinski definition) is 1. The standard InChI is InChI=1S/C7H8BrN3O2/c8-5-3-11(10-9-5)6(13)7(4-12)1-2-7/h3,12H,1-2,4H2. The molecule has 0 aromatic carbocycles. The van der Waals surface area contributed by atoms with Crippen molar-refractivity contribution in [1.29, 1.82) is 0 Å². The van der Waals surface area contributed by atoms with E-state index in [1.165, 1.54) is 10.9 Å². The predicted molar refractivity (Wildman–Crippen MR) is 47.1 cm³/mol. The second-order valence-electron chi connectivity index (χ2n) is 3.23. The van der Waals surface area contributed by atoms with E-state index in [1.54, 1.807) is 0 Å². The molecule has 0 bridgehead atoms. The van der Waals surface area contributed by atoms with Gasteiger partial charge in [0.25, 0.3) is 5.91 Å². The van der Waals surface area contributed by atoms with Gasteiger partial charge in [0.1, 0.15) is 4.60 Å². The summed E-state index contributed by atoms with van der Waals surface area (Å²) in [5.41, 5.74) is -0.576. The second-order valence-corrected chi connectivity index (χ2v) is 4.04. The van der Waals surface area contributed by atoms with Crippen molar-refractivity contribution in [2.24, 2.45) is 5.41 Å². The maximum atomic E-state index is 11.7. The Morgan fingerprint density at radius 1 is 1.77 bits per heavy atom. The Morgan fingerprint density at radius 2 is 2.46 bits per heavy atom. The highest BCUT2D eigenvalue weighted by atomic mass is 79.9. The molecule has 1 N–H and O–H groups in total. The summed E-state index contributed by atoms with van der Waals surface area (Å²) in [7, 11) is 0. The number of hydrogen-bond acceptors (Lipinski definition) is 4. The monoisotopic (exact) mass is 245 g/mol. The van der Waals surface area contributed by atoms with Crippen molar-refractivity contribution in [3.05, 3.63) is 10.8 Å². The van der Waals surface area contributed by atoms with Gasteiger partial charge in [-0.05, 0) is 28.8 Å². The van der Waals surface area contributed by atoms with Gasteiger partial charge in [0.15, 0.2) is 0 Å². The van der Waals surface area contributed by atoms with E-state index in [-0.39, 0.29) is 12.5 Å². The Kier molecular flexibility index (Phi) is 1.96. The molecule has 0 unspecified atom stereocenters. The number of halogens is 1. The van der Waals surface area contributed by atoms with Crippen LogP contribution in [-0.2, 0) is 0 Å². The smallest absolute Gasteiger partial charge is 0.256 e. The average Bonchev–Trinajstić information content (AvgIpc) is 2.82. The van der Waals surface area contributed by atoms with Gasteiger partial charge in [0.05, 0.1) is 18.2 Å². The Bertz CT molecular complexity index is 345. The summed E-state index contributed by atoms with van der Waals surface area (Å²) in [5, 5.41) is 16.3. The molecular formula is C7H8BrN3O2. The molecule has 1 saturated carbocycles. The van der Waals surface area contributed by atoms with Gasteiger partial charge in [0, 0.05) is 0 Å². The van der Waals surface area contributed by atoms with E-state index in [0.717, 1.165) is 12.8 Å². The minimum absolute atomic E-state index is 0.108. The summed E-state index contributed by atoms with van der Waals surface area (Å²) in [6.07, 6.45) is 2.97. The number of aliphatic hydroxyl groups excluding tert-OH is 1. The van der Waals surface area contributed by atoms with E-state index in [2.05, 4.69) is 26.2 Å². The molecule has 1 heterocycles. The lowest BCUT2D eigenvalue weighted by Crippen LogP contribution is -2.26. The van der Waals surface area contributed by atoms with Crippen molar-refractivity contribution >= 4 is 21.8 Å². The first-order valence-corrected chi connectivity index (χ1v) is 4.71. The minimum Gasteiger partial charge on any atom is -0.395 e. The Morgan fingerprint density at radius 3 is 2.85 bits per heavy atom. The van der Waals surface area contributed by atoms with Crippen LogP contribution in [0.3, 0.4) is 0 Å². The lowest BCUT2D eigenvalue weighted by atomic mass is 10.1. The van der Waals surface area contributed by atoms with Crippen LogP contribution >= 0.6 is 15.9 Å². The third kappa shape index (κ3) is 1.40. The van der Waals surface area contributed by atoms with Crippen molar-refractivity contribution in [2.45, 2.75) is 12.8 Å². The number of nitrogens with zero attached hydrogens (tertiary/aromatic N) is 3. The summed E-state index contributed by atoms with van der Waals surface area (Å²) in [4.78, 5) is 11.7. The lowest BCUT2D eigenvalue weighted by molar-refractivity contribution is 0.0719. The van der Waals surface area contributed by atoms with Gasteiger partial charge in [-0.3, -0.25) is 4.79 Å². The van der Waals surface area contributed by atoms with E-state index in [4.69, 9.17) is 5.11 Å². The molecule has 1 fully saturated rings. The number of aliphatic hydroxyl groups is 1. The molecule has 0 saturated heterocycles. The van der Waals surface area contributed by atoms with E-state index < -0.39 is 5.41 Å². The number of rotatable bonds is 2. The molecule has 1 aliphatic rings. The summed E-state index contributed by atoms with van der Waals surface area (Å²) < 4.78 is 1.70. The van der Waals surface area contributed by atoms with Crippen LogP contribution < -0.4 is 0 Å². The molecule has 0 aliphatic heterocycles. The predicted octanol–water partition coefficient (Wildman–Crippen LogP) is 0.453. The molecule has 1 aliphatic carbocycles. The quantitative estimate of drug-likeness (QED) is 0.822. The van der Waals surface area contributed by atoms with E-state index >= 15 is 0 Å². The van der Waals surface area contributed by atoms with Gasteiger partial charge in [-0.2, -0.15) is 4.68 Å². The van der Waals surface area contributed by atoms with Crippen LogP contribution in [0.2, 0.25) is 0 Å². The summed E-state index contributed by atoms with van der Waals surface area (Å²) in [5.74, 6) is -0.173. The summed E-state index contributed by atoms with van der Waals surface area (Å²) in [6.45, 7) is -0.108. The number of carbonyl (C=O) groups excluding carboxylic acids is 1. The van der Waals surface area contributed by atoms with Gasteiger partial charge in [-0.1, -0.05) is 5.21 Å². The maximum absolute atomic E-state index is 11.7. The van der Waals surface area contributed by atoms with Gasteiger partial charge in [-0.25, -0.2) is 0 Å². The first-order chi connectivity index (χ1) is 6.18. The van der Waals surface area contributed by atoms with Crippen LogP contribution in [-0.4, -0.2) is 32.6 Å². The van der Waals surface area contributed by atoms with Crippen molar-refractivity contribution < 1.29 is 9.90 Å². The molecule has 2 rings (SSSR count). The van der Waals surface area contributed by atoms with Gasteiger partial charge in [-0.15, -0.1) is 5.10 Å². The van der Waals surface area contributed by atoms with E-state index in [0.29, 0.717) is 4.60 Å². The second kappa shape index (κ2) is 2.88. The fraction of sp³-hybridized carbons (Fsp3) is 0.571.